The van der Waals surface area contributed by atoms with E-state index in [1.165, 1.54) is 12.1 Å². The largest absolute Gasteiger partial charge is 0.662 e. The van der Waals surface area contributed by atoms with Crippen molar-refractivity contribution in [3.05, 3.63) is 41.0 Å². The van der Waals surface area contributed by atoms with Crippen LogP contribution in [0.5, 0.6) is 0 Å². The van der Waals surface area contributed by atoms with Gasteiger partial charge in [0.2, 0.25) is 0 Å². The van der Waals surface area contributed by atoms with Gasteiger partial charge in [0.1, 0.15) is 5.82 Å². The van der Waals surface area contributed by atoms with Gasteiger partial charge in [0.25, 0.3) is 10.1 Å². The van der Waals surface area contributed by atoms with Crippen molar-refractivity contribution in [3.8, 4) is 0 Å². The molecule has 1 saturated heterocycles. The molecule has 0 unspecified atom stereocenters. The smallest absolute Gasteiger partial charge is 0.264 e. The first-order valence-electron chi connectivity index (χ1n) is 6.98. The van der Waals surface area contributed by atoms with E-state index in [9.17, 15) is 12.8 Å². The van der Waals surface area contributed by atoms with Gasteiger partial charge in [-0.05, 0) is 43.4 Å². The molecule has 1 fully saturated rings. The summed E-state index contributed by atoms with van der Waals surface area (Å²) in [6, 6.07) is 6.38. The van der Waals surface area contributed by atoms with Crippen LogP contribution < -0.4 is 0 Å². The third-order valence-electron chi connectivity index (χ3n) is 3.97. The van der Waals surface area contributed by atoms with Crippen LogP contribution in [0.25, 0.3) is 5.32 Å². The average molecular weight is 498 g/mol. The third-order valence-corrected chi connectivity index (χ3v) is 4.70. The molecule has 0 bridgehead atoms. The first-order chi connectivity index (χ1) is 9.69. The van der Waals surface area contributed by atoms with Gasteiger partial charge >= 0.3 is 0 Å². The van der Waals surface area contributed by atoms with Crippen LogP contribution in [-0.4, -0.2) is 33.4 Å². The van der Waals surface area contributed by atoms with Gasteiger partial charge in [-0.3, -0.25) is 4.18 Å². The fourth-order valence-electron chi connectivity index (χ4n) is 3.05. The number of rotatable bonds is 4. The minimum absolute atomic E-state index is 0. The van der Waals surface area contributed by atoms with Crippen LogP contribution in [0.2, 0.25) is 0 Å². The van der Waals surface area contributed by atoms with Crippen molar-refractivity contribution in [2.75, 3.05) is 19.3 Å². The van der Waals surface area contributed by atoms with Gasteiger partial charge in [-0.1, -0.05) is 18.6 Å². The van der Waals surface area contributed by atoms with Crippen molar-refractivity contribution in [1.82, 2.24) is 0 Å². The predicted molar refractivity (Wildman–Crippen MR) is 80.3 cm³/mol. The van der Waals surface area contributed by atoms with Crippen LogP contribution in [0.15, 0.2) is 24.3 Å². The summed E-state index contributed by atoms with van der Waals surface area (Å²) in [5, 5.41) is 4.40. The monoisotopic (exact) mass is 498 g/mol. The maximum absolute atomic E-state index is 13.1. The normalized spacial score (nSPS) is 22.9. The van der Waals surface area contributed by atoms with Crippen LogP contribution >= 0.6 is 0 Å². The summed E-state index contributed by atoms with van der Waals surface area (Å²) in [7, 11) is -3.55. The molecule has 0 aromatic heterocycles. The summed E-state index contributed by atoms with van der Waals surface area (Å²) in [5.74, 6) is -0.228. The van der Waals surface area contributed by atoms with E-state index in [-0.39, 0.29) is 38.7 Å². The Kier molecular flexibility index (Phi) is 6.75. The average Bonchev–Trinajstić information content (AvgIpc) is 2.37. The van der Waals surface area contributed by atoms with Crippen molar-refractivity contribution >= 4 is 10.1 Å². The molecule has 0 radical (unpaired) electrons. The molecule has 1 aliphatic heterocycles. The Bertz CT molecular complexity index is 589. The second kappa shape index (κ2) is 7.52. The summed E-state index contributed by atoms with van der Waals surface area (Å²) in [5.41, 5.74) is 0.151. The standard InChI is InChI=1S/C15H21FNO3S.W/c1-15(2,20-21(3,18)19)14-10-17-9-8-13(14)11-4-6-12(16)7-5-11;/h4-7,13-14H,8-10H2,1-3H3;/q-1;/t13-,14+;/m0./s1. The summed E-state index contributed by atoms with van der Waals surface area (Å²) < 4.78 is 41.3. The molecule has 1 aliphatic rings. The van der Waals surface area contributed by atoms with Crippen LogP contribution in [0.1, 0.15) is 31.7 Å². The zero-order chi connectivity index (χ0) is 15.7. The molecule has 0 saturated carbocycles. The summed E-state index contributed by atoms with van der Waals surface area (Å²) in [6.45, 7) is 4.82. The van der Waals surface area contributed by atoms with Gasteiger partial charge < -0.3 is 5.32 Å². The molecule has 7 heteroatoms. The number of piperidine rings is 1. The van der Waals surface area contributed by atoms with Gasteiger partial charge in [0.05, 0.1) is 11.9 Å². The zero-order valence-corrected chi connectivity index (χ0v) is 16.7. The fourth-order valence-corrected chi connectivity index (χ4v) is 3.96. The van der Waals surface area contributed by atoms with E-state index in [4.69, 9.17) is 4.18 Å². The quantitative estimate of drug-likeness (QED) is 0.600. The minimum atomic E-state index is -3.55. The van der Waals surface area contributed by atoms with E-state index in [2.05, 4.69) is 5.32 Å². The summed E-state index contributed by atoms with van der Waals surface area (Å²) in [6.07, 6.45) is 1.87. The maximum atomic E-state index is 13.1. The number of hydrogen-bond donors (Lipinski definition) is 0. The third kappa shape index (κ3) is 5.12. The molecule has 1 aromatic carbocycles. The second-order valence-electron chi connectivity index (χ2n) is 6.07. The Morgan fingerprint density at radius 3 is 2.41 bits per heavy atom. The Hall–Kier alpha value is -0.292. The number of hydrogen-bond acceptors (Lipinski definition) is 3. The van der Waals surface area contributed by atoms with Gasteiger partial charge in [0, 0.05) is 21.1 Å². The molecule has 22 heavy (non-hydrogen) atoms. The topological polar surface area (TPSA) is 57.5 Å². The molecular weight excluding hydrogens is 477 g/mol. The number of halogens is 1. The molecular formula is C15H21FNO3SW-. The molecule has 4 nitrogen and oxygen atoms in total. The SMILES string of the molecule is CC(C)(OS(C)(=O)=O)[C@@H]1C[N-]CC[C@H]1c1ccc(F)cc1.[W]. The predicted octanol–water partition coefficient (Wildman–Crippen LogP) is 3.06. The van der Waals surface area contributed by atoms with Gasteiger partial charge in [-0.25, -0.2) is 4.39 Å². The molecule has 0 amide bonds. The molecule has 0 spiro atoms. The minimum Gasteiger partial charge on any atom is -0.662 e. The Morgan fingerprint density at radius 1 is 1.27 bits per heavy atom. The summed E-state index contributed by atoms with van der Waals surface area (Å²) in [4.78, 5) is 0. The molecule has 2 rings (SSSR count). The van der Waals surface area contributed by atoms with Gasteiger partial charge in [0.15, 0.2) is 0 Å². The van der Waals surface area contributed by atoms with Crippen LogP contribution in [-0.2, 0) is 35.4 Å². The maximum Gasteiger partial charge on any atom is 0.264 e. The van der Waals surface area contributed by atoms with Crippen molar-refractivity contribution in [2.45, 2.75) is 31.8 Å². The van der Waals surface area contributed by atoms with E-state index in [0.29, 0.717) is 6.54 Å². The molecule has 0 aliphatic carbocycles. The number of nitrogens with zero attached hydrogens (tertiary/aromatic N) is 1. The Morgan fingerprint density at radius 2 is 1.86 bits per heavy atom. The van der Waals surface area contributed by atoms with Gasteiger partial charge in [-0.15, -0.1) is 13.1 Å². The van der Waals surface area contributed by atoms with Crippen LogP contribution in [0, 0.1) is 11.7 Å². The summed E-state index contributed by atoms with van der Waals surface area (Å²) >= 11 is 0. The molecule has 1 aromatic rings. The molecule has 124 valence electrons. The van der Waals surface area contributed by atoms with E-state index < -0.39 is 15.7 Å². The van der Waals surface area contributed by atoms with E-state index in [1.807, 2.05) is 0 Å². The fraction of sp³-hybridized carbons (Fsp3) is 0.600. The Labute approximate surface area is 146 Å². The van der Waals surface area contributed by atoms with Crippen molar-refractivity contribution in [3.63, 3.8) is 0 Å². The second-order valence-corrected chi connectivity index (χ2v) is 7.65. The molecule has 0 N–H and O–H groups in total. The molecule has 2 atom stereocenters. The number of benzene rings is 1. The van der Waals surface area contributed by atoms with Crippen LogP contribution in [0.3, 0.4) is 0 Å². The van der Waals surface area contributed by atoms with E-state index in [0.717, 1.165) is 24.8 Å². The van der Waals surface area contributed by atoms with Crippen molar-refractivity contribution in [2.24, 2.45) is 5.92 Å². The first-order valence-corrected chi connectivity index (χ1v) is 8.80. The van der Waals surface area contributed by atoms with E-state index >= 15 is 0 Å². The molecule has 1 heterocycles. The Balaban J connectivity index is 0.00000242. The first kappa shape index (κ1) is 19.8. The van der Waals surface area contributed by atoms with Gasteiger partial charge in [-0.2, -0.15) is 8.42 Å². The van der Waals surface area contributed by atoms with Crippen LogP contribution in [0.4, 0.5) is 4.39 Å². The zero-order valence-electron chi connectivity index (χ0n) is 13.0. The van der Waals surface area contributed by atoms with Crippen molar-refractivity contribution < 1.29 is 38.1 Å². The van der Waals surface area contributed by atoms with Crippen molar-refractivity contribution in [1.29, 1.82) is 0 Å². The van der Waals surface area contributed by atoms with E-state index in [1.54, 1.807) is 26.0 Å².